The number of rotatable bonds is 7. The number of nitrogens with zero attached hydrogens (tertiary/aromatic N) is 5. The lowest BCUT2D eigenvalue weighted by Crippen LogP contribution is -2.43. The van der Waals surface area contributed by atoms with E-state index in [1.54, 1.807) is 24.9 Å². The summed E-state index contributed by atoms with van der Waals surface area (Å²) in [6.07, 6.45) is 1.73. The molecule has 0 aliphatic carbocycles. The second-order valence-corrected chi connectivity index (χ2v) is 11.6. The summed E-state index contributed by atoms with van der Waals surface area (Å²) in [6, 6.07) is 14.9. The van der Waals surface area contributed by atoms with Gasteiger partial charge < -0.3 is 9.80 Å². The first-order valence-electron chi connectivity index (χ1n) is 13.7. The van der Waals surface area contributed by atoms with Gasteiger partial charge in [-0.3, -0.25) is 19.5 Å². The molecule has 0 bridgehead atoms. The minimum atomic E-state index is -1.04. The molecule has 0 atom stereocenters. The predicted molar refractivity (Wildman–Crippen MR) is 154 cm³/mol. The lowest BCUT2D eigenvalue weighted by molar-refractivity contribution is -0.123. The zero-order valence-corrected chi connectivity index (χ0v) is 23.7. The maximum atomic E-state index is 13.9. The van der Waals surface area contributed by atoms with Crippen molar-refractivity contribution >= 4 is 40.1 Å². The maximum Gasteiger partial charge on any atom is 0.332 e. The lowest BCUT2D eigenvalue weighted by atomic mass is 9.87. The van der Waals surface area contributed by atoms with Crippen molar-refractivity contribution in [2.45, 2.75) is 59.0 Å². The molecule has 3 aromatic rings. The van der Waals surface area contributed by atoms with E-state index in [0.29, 0.717) is 18.8 Å². The standard InChI is InChI=1S/C31H37N5O3/c1-7-33(8-2)19-27(37)34-20-30(3,4)24-14-13-22(17-26(24)34)36-28(38)31(5,6)35(29(36)39)18-21-15-16-32-25-12-10-9-11-23(21)25/h9-17H,7-8,18-20H2,1-6H3. The Hall–Kier alpha value is -3.78. The van der Waals surface area contributed by atoms with Crippen LogP contribution in [0, 0.1) is 0 Å². The molecule has 5 rings (SSSR count). The zero-order chi connectivity index (χ0) is 28.1. The summed E-state index contributed by atoms with van der Waals surface area (Å²) in [6.45, 7) is 14.6. The van der Waals surface area contributed by atoms with Crippen LogP contribution in [0.3, 0.4) is 0 Å². The number of pyridine rings is 1. The van der Waals surface area contributed by atoms with Crippen molar-refractivity contribution in [3.8, 4) is 0 Å². The van der Waals surface area contributed by atoms with Gasteiger partial charge in [0.25, 0.3) is 5.91 Å². The van der Waals surface area contributed by atoms with Crippen LogP contribution < -0.4 is 9.80 Å². The number of likely N-dealkylation sites (N-methyl/N-ethyl adjacent to an activating group) is 1. The van der Waals surface area contributed by atoms with Crippen LogP contribution in [0.4, 0.5) is 16.2 Å². The van der Waals surface area contributed by atoms with Gasteiger partial charge in [-0.1, -0.05) is 52.0 Å². The van der Waals surface area contributed by atoms with Crippen LogP contribution in [-0.2, 0) is 21.5 Å². The van der Waals surface area contributed by atoms with Crippen molar-refractivity contribution in [3.63, 3.8) is 0 Å². The van der Waals surface area contributed by atoms with E-state index in [2.05, 4.69) is 23.7 Å². The van der Waals surface area contributed by atoms with Crippen molar-refractivity contribution in [2.24, 2.45) is 0 Å². The Morgan fingerprint density at radius 1 is 1.00 bits per heavy atom. The minimum Gasteiger partial charge on any atom is -0.310 e. The van der Waals surface area contributed by atoms with Gasteiger partial charge in [0.05, 0.1) is 17.7 Å². The van der Waals surface area contributed by atoms with Crippen LogP contribution in [-0.4, -0.2) is 64.3 Å². The summed E-state index contributed by atoms with van der Waals surface area (Å²) >= 11 is 0. The number of hydrogen-bond donors (Lipinski definition) is 0. The number of benzene rings is 2. The molecule has 4 amide bonds. The summed E-state index contributed by atoms with van der Waals surface area (Å²) in [4.78, 5) is 52.2. The van der Waals surface area contributed by atoms with Crippen molar-refractivity contribution in [2.75, 3.05) is 36.0 Å². The van der Waals surface area contributed by atoms with E-state index in [4.69, 9.17) is 0 Å². The summed E-state index contributed by atoms with van der Waals surface area (Å²) in [5.74, 6) is -0.266. The number of urea groups is 1. The molecule has 0 radical (unpaired) electrons. The molecule has 2 aliphatic heterocycles. The highest BCUT2D eigenvalue weighted by molar-refractivity contribution is 6.23. The Bertz CT molecular complexity index is 1450. The molecular formula is C31H37N5O3. The molecule has 1 fully saturated rings. The molecule has 8 nitrogen and oxygen atoms in total. The van der Waals surface area contributed by atoms with Gasteiger partial charge in [-0.15, -0.1) is 0 Å². The molecule has 1 saturated heterocycles. The SMILES string of the molecule is CCN(CC)CC(=O)N1CC(C)(C)c2ccc(N3C(=O)N(Cc4ccnc5ccccc45)C(C)(C)C3=O)cc21. The third-order valence-electron chi connectivity index (χ3n) is 8.26. The Labute approximate surface area is 230 Å². The van der Waals surface area contributed by atoms with Gasteiger partial charge in [-0.2, -0.15) is 0 Å². The number of carbonyl (C=O) groups is 3. The third kappa shape index (κ3) is 4.46. The topological polar surface area (TPSA) is 77.1 Å². The quantitative estimate of drug-likeness (QED) is 0.407. The molecule has 2 aliphatic rings. The number of hydrogen-bond acceptors (Lipinski definition) is 5. The lowest BCUT2D eigenvalue weighted by Gasteiger charge is -2.28. The molecule has 2 aromatic carbocycles. The number of para-hydroxylation sites is 1. The Balaban J connectivity index is 1.49. The monoisotopic (exact) mass is 527 g/mol. The Morgan fingerprint density at radius 3 is 2.44 bits per heavy atom. The van der Waals surface area contributed by atoms with Gasteiger partial charge in [0.2, 0.25) is 5.91 Å². The van der Waals surface area contributed by atoms with Crippen molar-refractivity contribution < 1.29 is 14.4 Å². The zero-order valence-electron chi connectivity index (χ0n) is 23.7. The fraction of sp³-hybridized carbons (Fsp3) is 0.419. The van der Waals surface area contributed by atoms with E-state index in [1.165, 1.54) is 4.90 Å². The van der Waals surface area contributed by atoms with Gasteiger partial charge in [-0.05, 0) is 62.3 Å². The van der Waals surface area contributed by atoms with E-state index < -0.39 is 5.54 Å². The van der Waals surface area contributed by atoms with Crippen LogP contribution in [0.2, 0.25) is 0 Å². The summed E-state index contributed by atoms with van der Waals surface area (Å²) in [7, 11) is 0. The molecule has 0 N–H and O–H groups in total. The van der Waals surface area contributed by atoms with E-state index in [-0.39, 0.29) is 29.8 Å². The Kier molecular flexibility index (Phi) is 6.71. The molecule has 39 heavy (non-hydrogen) atoms. The molecule has 0 unspecified atom stereocenters. The van der Waals surface area contributed by atoms with E-state index in [9.17, 15) is 14.4 Å². The Morgan fingerprint density at radius 2 is 1.72 bits per heavy atom. The first kappa shape index (κ1) is 26.8. The summed E-state index contributed by atoms with van der Waals surface area (Å²) < 4.78 is 0. The van der Waals surface area contributed by atoms with Crippen LogP contribution in [0.1, 0.15) is 52.7 Å². The largest absolute Gasteiger partial charge is 0.332 e. The molecule has 204 valence electrons. The van der Waals surface area contributed by atoms with Crippen LogP contribution in [0.25, 0.3) is 10.9 Å². The first-order chi connectivity index (χ1) is 18.5. The summed E-state index contributed by atoms with van der Waals surface area (Å²) in [5, 5.41) is 0.955. The predicted octanol–water partition coefficient (Wildman–Crippen LogP) is 4.95. The van der Waals surface area contributed by atoms with Gasteiger partial charge in [-0.25, -0.2) is 9.69 Å². The first-order valence-corrected chi connectivity index (χ1v) is 13.7. The third-order valence-corrected chi connectivity index (χ3v) is 8.26. The van der Waals surface area contributed by atoms with E-state index >= 15 is 0 Å². The summed E-state index contributed by atoms with van der Waals surface area (Å²) in [5.41, 5.74) is 2.79. The van der Waals surface area contributed by atoms with Gasteiger partial charge >= 0.3 is 6.03 Å². The highest BCUT2D eigenvalue weighted by Crippen LogP contribution is 2.44. The van der Waals surface area contributed by atoms with Gasteiger partial charge in [0, 0.05) is 35.8 Å². The normalized spacial score (nSPS) is 18.0. The number of anilines is 2. The molecule has 8 heteroatoms. The second kappa shape index (κ2) is 9.75. The average molecular weight is 528 g/mol. The molecule has 1 aromatic heterocycles. The number of fused-ring (bicyclic) bond motifs is 2. The molecule has 0 saturated carbocycles. The van der Waals surface area contributed by atoms with Crippen molar-refractivity contribution in [1.82, 2.24) is 14.8 Å². The number of imide groups is 1. The van der Waals surface area contributed by atoms with Crippen LogP contribution in [0.5, 0.6) is 0 Å². The second-order valence-electron chi connectivity index (χ2n) is 11.6. The van der Waals surface area contributed by atoms with Gasteiger partial charge in [0.15, 0.2) is 0 Å². The fourth-order valence-corrected chi connectivity index (χ4v) is 5.76. The van der Waals surface area contributed by atoms with Crippen LogP contribution in [0.15, 0.2) is 54.7 Å². The van der Waals surface area contributed by atoms with E-state index in [0.717, 1.165) is 40.8 Å². The highest BCUT2D eigenvalue weighted by Gasteiger charge is 2.52. The minimum absolute atomic E-state index is 0.0215. The number of amides is 4. The van der Waals surface area contributed by atoms with Crippen molar-refractivity contribution in [1.29, 1.82) is 0 Å². The maximum absolute atomic E-state index is 13.9. The molecule has 0 spiro atoms. The van der Waals surface area contributed by atoms with Crippen LogP contribution >= 0.6 is 0 Å². The van der Waals surface area contributed by atoms with Crippen molar-refractivity contribution in [3.05, 3.63) is 65.9 Å². The highest BCUT2D eigenvalue weighted by atomic mass is 16.2. The fourth-order valence-electron chi connectivity index (χ4n) is 5.76. The molecule has 3 heterocycles. The average Bonchev–Trinajstić information content (AvgIpc) is 3.28. The number of aromatic nitrogens is 1. The van der Waals surface area contributed by atoms with E-state index in [1.807, 2.05) is 67.3 Å². The molecular weight excluding hydrogens is 490 g/mol. The number of carbonyl (C=O) groups excluding carboxylic acids is 3. The van der Waals surface area contributed by atoms with Gasteiger partial charge in [0.1, 0.15) is 5.54 Å². The smallest absolute Gasteiger partial charge is 0.310 e.